The molecule has 0 unspecified atom stereocenters. The van der Waals surface area contributed by atoms with Gasteiger partial charge in [-0.05, 0) is 18.2 Å². The highest BCUT2D eigenvalue weighted by Crippen LogP contribution is 2.29. The molecule has 0 aliphatic carbocycles. The molecule has 0 fully saturated rings. The van der Waals surface area contributed by atoms with E-state index < -0.39 is 0 Å². The summed E-state index contributed by atoms with van der Waals surface area (Å²) in [5.74, 6) is 0.136. The standard InChI is InChI=1S/C12H10N2O2/c15-7-1-2-11-9(5-7)10(6-14-11)8-3-4-13-12(8)16/h1-3,5-6,14-15H,4H2,(H,13,16). The molecule has 4 heteroatoms. The summed E-state index contributed by atoms with van der Waals surface area (Å²) in [6, 6.07) is 5.07. The lowest BCUT2D eigenvalue weighted by atomic mass is 10.1. The minimum atomic E-state index is -0.0655. The van der Waals surface area contributed by atoms with Gasteiger partial charge >= 0.3 is 0 Å². The van der Waals surface area contributed by atoms with Gasteiger partial charge in [0, 0.05) is 34.8 Å². The Kier molecular flexibility index (Phi) is 1.77. The first-order chi connectivity index (χ1) is 7.75. The fraction of sp³-hybridized carbons (Fsp3) is 0.0833. The molecule has 2 aromatic rings. The molecule has 1 aliphatic heterocycles. The molecule has 16 heavy (non-hydrogen) atoms. The molecule has 1 aliphatic rings. The van der Waals surface area contributed by atoms with Crippen molar-refractivity contribution in [3.63, 3.8) is 0 Å². The van der Waals surface area contributed by atoms with Gasteiger partial charge in [0.2, 0.25) is 0 Å². The van der Waals surface area contributed by atoms with Crippen molar-refractivity contribution in [2.75, 3.05) is 6.54 Å². The molecule has 3 N–H and O–H groups in total. The van der Waals surface area contributed by atoms with E-state index >= 15 is 0 Å². The fourth-order valence-electron chi connectivity index (χ4n) is 2.00. The van der Waals surface area contributed by atoms with E-state index in [-0.39, 0.29) is 11.7 Å². The van der Waals surface area contributed by atoms with E-state index in [1.807, 2.05) is 6.08 Å². The number of carbonyl (C=O) groups excluding carboxylic acids is 1. The zero-order chi connectivity index (χ0) is 11.1. The van der Waals surface area contributed by atoms with Crippen molar-refractivity contribution in [1.82, 2.24) is 10.3 Å². The van der Waals surface area contributed by atoms with Crippen LogP contribution >= 0.6 is 0 Å². The Labute approximate surface area is 91.6 Å². The van der Waals surface area contributed by atoms with Gasteiger partial charge in [-0.25, -0.2) is 0 Å². The van der Waals surface area contributed by atoms with Gasteiger partial charge in [0.05, 0.1) is 0 Å². The maximum atomic E-state index is 11.5. The number of aromatic nitrogens is 1. The second-order valence-electron chi connectivity index (χ2n) is 3.76. The molecule has 0 saturated heterocycles. The van der Waals surface area contributed by atoms with Crippen LogP contribution in [0, 0.1) is 0 Å². The minimum absolute atomic E-state index is 0.0655. The summed E-state index contributed by atoms with van der Waals surface area (Å²) < 4.78 is 0. The Morgan fingerprint density at radius 3 is 2.94 bits per heavy atom. The van der Waals surface area contributed by atoms with E-state index in [1.165, 1.54) is 0 Å². The highest BCUT2D eigenvalue weighted by atomic mass is 16.3. The quantitative estimate of drug-likeness (QED) is 0.671. The van der Waals surface area contributed by atoms with Crippen LogP contribution in [0.5, 0.6) is 5.75 Å². The highest BCUT2D eigenvalue weighted by Gasteiger charge is 2.19. The second kappa shape index (κ2) is 3.13. The lowest BCUT2D eigenvalue weighted by Gasteiger charge is -1.99. The summed E-state index contributed by atoms with van der Waals surface area (Å²) >= 11 is 0. The molecule has 0 radical (unpaired) electrons. The number of rotatable bonds is 1. The SMILES string of the molecule is O=C1NCC=C1c1c[nH]c2ccc(O)cc12. The Balaban J connectivity index is 2.24. The van der Waals surface area contributed by atoms with Crippen LogP contribution in [0.15, 0.2) is 30.5 Å². The number of phenolic OH excluding ortho intramolecular Hbond substituents is 1. The summed E-state index contributed by atoms with van der Waals surface area (Å²) in [4.78, 5) is 14.6. The molecule has 0 saturated carbocycles. The molecule has 4 nitrogen and oxygen atoms in total. The number of phenols is 1. The molecule has 1 aromatic carbocycles. The Hall–Kier alpha value is -2.23. The summed E-state index contributed by atoms with van der Waals surface area (Å²) in [7, 11) is 0. The van der Waals surface area contributed by atoms with E-state index in [4.69, 9.17) is 0 Å². The molecule has 0 spiro atoms. The first kappa shape index (κ1) is 9.03. The van der Waals surface area contributed by atoms with Crippen molar-refractivity contribution in [2.45, 2.75) is 0 Å². The first-order valence-corrected chi connectivity index (χ1v) is 5.04. The minimum Gasteiger partial charge on any atom is -0.508 e. The number of nitrogens with one attached hydrogen (secondary N) is 2. The van der Waals surface area contributed by atoms with Crippen LogP contribution in [-0.4, -0.2) is 22.5 Å². The van der Waals surface area contributed by atoms with Crippen LogP contribution in [0.2, 0.25) is 0 Å². The van der Waals surface area contributed by atoms with Crippen LogP contribution in [0.4, 0.5) is 0 Å². The van der Waals surface area contributed by atoms with Crippen LogP contribution in [-0.2, 0) is 4.79 Å². The molecule has 1 amide bonds. The monoisotopic (exact) mass is 214 g/mol. The summed E-state index contributed by atoms with van der Waals surface area (Å²) in [5.41, 5.74) is 2.41. The van der Waals surface area contributed by atoms with Crippen molar-refractivity contribution < 1.29 is 9.90 Å². The number of aromatic amines is 1. The molecule has 1 aromatic heterocycles. The lowest BCUT2D eigenvalue weighted by Crippen LogP contribution is -2.16. The number of aromatic hydroxyl groups is 1. The zero-order valence-electron chi connectivity index (χ0n) is 8.45. The van der Waals surface area contributed by atoms with Gasteiger partial charge in [-0.15, -0.1) is 0 Å². The normalized spacial score (nSPS) is 15.2. The van der Waals surface area contributed by atoms with Crippen LogP contribution in [0.25, 0.3) is 16.5 Å². The van der Waals surface area contributed by atoms with E-state index in [9.17, 15) is 9.90 Å². The molecule has 0 atom stereocenters. The van der Waals surface area contributed by atoms with Crippen molar-refractivity contribution in [3.05, 3.63) is 36.0 Å². The van der Waals surface area contributed by atoms with Gasteiger partial charge < -0.3 is 15.4 Å². The topological polar surface area (TPSA) is 65.1 Å². The third kappa shape index (κ3) is 1.20. The van der Waals surface area contributed by atoms with Gasteiger partial charge in [0.15, 0.2) is 0 Å². The van der Waals surface area contributed by atoms with Crippen LogP contribution in [0.1, 0.15) is 5.56 Å². The van der Waals surface area contributed by atoms with Crippen molar-refractivity contribution in [3.8, 4) is 5.75 Å². The van der Waals surface area contributed by atoms with E-state index in [0.29, 0.717) is 12.1 Å². The third-order valence-electron chi connectivity index (χ3n) is 2.77. The van der Waals surface area contributed by atoms with Crippen molar-refractivity contribution >= 4 is 22.4 Å². The van der Waals surface area contributed by atoms with E-state index in [2.05, 4.69) is 10.3 Å². The molecule has 0 bridgehead atoms. The number of amides is 1. The number of carbonyl (C=O) groups is 1. The van der Waals surface area contributed by atoms with Crippen molar-refractivity contribution in [1.29, 1.82) is 0 Å². The summed E-state index contributed by atoms with van der Waals surface area (Å²) in [5, 5.41) is 13.0. The molecule has 80 valence electrons. The van der Waals surface area contributed by atoms with Gasteiger partial charge in [-0.2, -0.15) is 0 Å². The highest BCUT2D eigenvalue weighted by molar-refractivity contribution is 6.24. The maximum Gasteiger partial charge on any atom is 0.251 e. The van der Waals surface area contributed by atoms with Gasteiger partial charge in [-0.1, -0.05) is 6.08 Å². The Morgan fingerprint density at radius 2 is 2.19 bits per heavy atom. The summed E-state index contributed by atoms with van der Waals surface area (Å²) in [6.07, 6.45) is 3.65. The van der Waals surface area contributed by atoms with Gasteiger partial charge in [0.25, 0.3) is 5.91 Å². The Bertz CT molecular complexity index is 611. The molecule has 2 heterocycles. The maximum absolute atomic E-state index is 11.5. The fourth-order valence-corrected chi connectivity index (χ4v) is 2.00. The zero-order valence-corrected chi connectivity index (χ0v) is 8.45. The van der Waals surface area contributed by atoms with Gasteiger partial charge in [-0.3, -0.25) is 4.79 Å². The first-order valence-electron chi connectivity index (χ1n) is 5.04. The Morgan fingerprint density at radius 1 is 1.31 bits per heavy atom. The number of fused-ring (bicyclic) bond motifs is 1. The number of H-pyrrole nitrogens is 1. The van der Waals surface area contributed by atoms with Crippen LogP contribution < -0.4 is 5.32 Å². The number of hydrogen-bond donors (Lipinski definition) is 3. The average Bonchev–Trinajstić information content (AvgIpc) is 2.83. The summed E-state index contributed by atoms with van der Waals surface area (Å²) in [6.45, 7) is 0.569. The molecule has 3 rings (SSSR count). The number of benzene rings is 1. The third-order valence-corrected chi connectivity index (χ3v) is 2.77. The smallest absolute Gasteiger partial charge is 0.251 e. The number of hydrogen-bond acceptors (Lipinski definition) is 2. The van der Waals surface area contributed by atoms with E-state index in [0.717, 1.165) is 16.5 Å². The lowest BCUT2D eigenvalue weighted by molar-refractivity contribution is -0.114. The van der Waals surface area contributed by atoms with Crippen LogP contribution in [0.3, 0.4) is 0 Å². The van der Waals surface area contributed by atoms with E-state index in [1.54, 1.807) is 24.4 Å². The predicted octanol–water partition coefficient (Wildman–Crippen LogP) is 1.39. The second-order valence-corrected chi connectivity index (χ2v) is 3.76. The molecular weight excluding hydrogens is 204 g/mol. The predicted molar refractivity (Wildman–Crippen MR) is 61.0 cm³/mol. The largest absolute Gasteiger partial charge is 0.508 e. The average molecular weight is 214 g/mol. The molecular formula is C12H10N2O2. The van der Waals surface area contributed by atoms with Crippen molar-refractivity contribution in [2.24, 2.45) is 0 Å². The van der Waals surface area contributed by atoms with Gasteiger partial charge in [0.1, 0.15) is 5.75 Å².